The summed E-state index contributed by atoms with van der Waals surface area (Å²) in [6, 6.07) is 15.6. The maximum atomic E-state index is 13.3. The van der Waals surface area contributed by atoms with Gasteiger partial charge in [-0.1, -0.05) is 36.4 Å². The van der Waals surface area contributed by atoms with Gasteiger partial charge in [0.25, 0.3) is 0 Å². The summed E-state index contributed by atoms with van der Waals surface area (Å²) in [6.45, 7) is 1.58. The van der Waals surface area contributed by atoms with Crippen molar-refractivity contribution >= 4 is 15.9 Å². The number of fused-ring (bicyclic) bond motifs is 1. The van der Waals surface area contributed by atoms with Gasteiger partial charge in [0.1, 0.15) is 0 Å². The summed E-state index contributed by atoms with van der Waals surface area (Å²) < 4.78 is 28.1. The third-order valence-corrected chi connectivity index (χ3v) is 9.42. The van der Waals surface area contributed by atoms with Crippen LogP contribution in [-0.2, 0) is 26.8 Å². The van der Waals surface area contributed by atoms with Crippen LogP contribution in [0, 0.1) is 0 Å². The van der Waals surface area contributed by atoms with Gasteiger partial charge >= 0.3 is 0 Å². The predicted molar refractivity (Wildman–Crippen MR) is 114 cm³/mol. The van der Waals surface area contributed by atoms with Crippen LogP contribution in [0.3, 0.4) is 0 Å². The van der Waals surface area contributed by atoms with E-state index in [2.05, 4.69) is 17.1 Å². The first-order chi connectivity index (χ1) is 14.5. The molecule has 2 aliphatic heterocycles. The fourth-order valence-corrected chi connectivity index (χ4v) is 7.31. The van der Waals surface area contributed by atoms with E-state index >= 15 is 0 Å². The molecule has 3 heterocycles. The summed E-state index contributed by atoms with van der Waals surface area (Å²) in [4.78, 5) is 19.5. The van der Waals surface area contributed by atoms with Crippen LogP contribution < -0.4 is 0 Å². The van der Waals surface area contributed by atoms with Crippen molar-refractivity contribution in [3.05, 3.63) is 66.0 Å². The van der Waals surface area contributed by atoms with Crippen LogP contribution in [0.2, 0.25) is 0 Å². The zero-order valence-electron chi connectivity index (χ0n) is 17.0. The number of pyridine rings is 1. The maximum Gasteiger partial charge on any atom is 0.224 e. The van der Waals surface area contributed by atoms with E-state index < -0.39 is 10.0 Å². The SMILES string of the molecule is O=C1C[C@@H]2N(S(=O)(=O)C3CC3)CC[C@@]2(c2ccccc2)CCN1Cc1ccccn1. The fraction of sp³-hybridized carbons (Fsp3) is 0.478. The van der Waals surface area contributed by atoms with E-state index in [1.807, 2.05) is 41.3 Å². The Bertz CT molecular complexity index is 1020. The molecule has 3 fully saturated rings. The van der Waals surface area contributed by atoms with Crippen molar-refractivity contribution in [2.45, 2.75) is 55.4 Å². The molecule has 0 bridgehead atoms. The molecular weight excluding hydrogens is 398 g/mol. The van der Waals surface area contributed by atoms with Gasteiger partial charge in [-0.05, 0) is 43.4 Å². The van der Waals surface area contributed by atoms with Crippen LogP contribution in [0.4, 0.5) is 0 Å². The number of rotatable bonds is 5. The number of hydrogen-bond acceptors (Lipinski definition) is 4. The summed E-state index contributed by atoms with van der Waals surface area (Å²) in [5.74, 6) is 0.0151. The first kappa shape index (κ1) is 19.7. The number of sulfonamides is 1. The molecule has 6 nitrogen and oxygen atoms in total. The molecule has 0 N–H and O–H groups in total. The lowest BCUT2D eigenvalue weighted by atomic mass is 9.71. The second-order valence-corrected chi connectivity index (χ2v) is 10.9. The Morgan fingerprint density at radius 2 is 1.73 bits per heavy atom. The summed E-state index contributed by atoms with van der Waals surface area (Å²) in [5.41, 5.74) is 1.68. The fourth-order valence-electron chi connectivity index (χ4n) is 5.22. The largest absolute Gasteiger partial charge is 0.337 e. The van der Waals surface area contributed by atoms with Gasteiger partial charge in [-0.25, -0.2) is 8.42 Å². The third-order valence-electron chi connectivity index (χ3n) is 7.01. The number of aromatic nitrogens is 1. The van der Waals surface area contributed by atoms with Gasteiger partial charge in [0, 0.05) is 37.2 Å². The highest BCUT2D eigenvalue weighted by Crippen LogP contribution is 2.49. The smallest absolute Gasteiger partial charge is 0.224 e. The maximum absolute atomic E-state index is 13.3. The van der Waals surface area contributed by atoms with Crippen LogP contribution in [0.5, 0.6) is 0 Å². The molecule has 2 aromatic rings. The number of benzene rings is 1. The molecule has 2 saturated heterocycles. The minimum atomic E-state index is -3.35. The Labute approximate surface area is 178 Å². The van der Waals surface area contributed by atoms with Crippen LogP contribution in [0.1, 0.15) is 43.4 Å². The number of carbonyl (C=O) groups excluding carboxylic acids is 1. The summed E-state index contributed by atoms with van der Waals surface area (Å²) >= 11 is 0. The Hall–Kier alpha value is -2.25. The van der Waals surface area contributed by atoms with Crippen molar-refractivity contribution in [3.63, 3.8) is 0 Å². The highest BCUT2D eigenvalue weighted by molar-refractivity contribution is 7.90. The molecule has 30 heavy (non-hydrogen) atoms. The average Bonchev–Trinajstić information content (AvgIpc) is 3.57. The Kier molecular flexibility index (Phi) is 4.90. The quantitative estimate of drug-likeness (QED) is 0.739. The van der Waals surface area contributed by atoms with E-state index in [9.17, 15) is 13.2 Å². The molecule has 3 aliphatic rings. The number of carbonyl (C=O) groups is 1. The van der Waals surface area contributed by atoms with E-state index in [0.717, 1.165) is 36.9 Å². The molecule has 1 saturated carbocycles. The Morgan fingerprint density at radius 1 is 1.00 bits per heavy atom. The average molecular weight is 426 g/mol. The van der Waals surface area contributed by atoms with Gasteiger partial charge in [0.05, 0.1) is 17.5 Å². The van der Waals surface area contributed by atoms with Crippen molar-refractivity contribution in [1.29, 1.82) is 0 Å². The molecule has 1 amide bonds. The summed E-state index contributed by atoms with van der Waals surface area (Å²) in [7, 11) is -3.35. The van der Waals surface area contributed by atoms with Crippen molar-refractivity contribution < 1.29 is 13.2 Å². The van der Waals surface area contributed by atoms with Crippen molar-refractivity contribution in [2.24, 2.45) is 0 Å². The van der Waals surface area contributed by atoms with Gasteiger partial charge < -0.3 is 4.90 Å². The molecule has 0 spiro atoms. The molecule has 0 unspecified atom stereocenters. The number of hydrogen-bond donors (Lipinski definition) is 0. The van der Waals surface area contributed by atoms with E-state index in [1.54, 1.807) is 10.5 Å². The Morgan fingerprint density at radius 3 is 2.43 bits per heavy atom. The van der Waals surface area contributed by atoms with E-state index in [4.69, 9.17) is 0 Å². The van der Waals surface area contributed by atoms with Crippen LogP contribution in [0.15, 0.2) is 54.7 Å². The zero-order valence-corrected chi connectivity index (χ0v) is 17.8. The van der Waals surface area contributed by atoms with Crippen molar-refractivity contribution in [1.82, 2.24) is 14.2 Å². The molecule has 1 aliphatic carbocycles. The number of nitrogens with zero attached hydrogens (tertiary/aromatic N) is 3. The van der Waals surface area contributed by atoms with Crippen LogP contribution >= 0.6 is 0 Å². The van der Waals surface area contributed by atoms with Gasteiger partial charge in [-0.3, -0.25) is 9.78 Å². The van der Waals surface area contributed by atoms with Gasteiger partial charge in [-0.2, -0.15) is 4.31 Å². The lowest BCUT2D eigenvalue weighted by molar-refractivity contribution is -0.131. The lowest BCUT2D eigenvalue weighted by Gasteiger charge is -2.36. The number of likely N-dealkylation sites (tertiary alicyclic amines) is 1. The highest BCUT2D eigenvalue weighted by atomic mass is 32.2. The van der Waals surface area contributed by atoms with E-state index in [0.29, 0.717) is 19.6 Å². The second kappa shape index (κ2) is 7.46. The van der Waals surface area contributed by atoms with Crippen LogP contribution in [-0.4, -0.2) is 52.9 Å². The topological polar surface area (TPSA) is 70.6 Å². The standard InChI is InChI=1S/C23H27N3O3S/c27-22-16-21-23(18-6-2-1-3-7-18,12-15-26(21)30(28,29)20-9-10-20)11-14-25(22)17-19-8-4-5-13-24-19/h1-8,13,20-21H,9-12,14-17H2/t21-,23+/m0/s1. The highest BCUT2D eigenvalue weighted by Gasteiger charge is 2.56. The van der Waals surface area contributed by atoms with Crippen LogP contribution in [0.25, 0.3) is 0 Å². The molecule has 1 aromatic heterocycles. The zero-order chi connectivity index (χ0) is 20.8. The minimum Gasteiger partial charge on any atom is -0.337 e. The van der Waals surface area contributed by atoms with Gasteiger partial charge in [0.15, 0.2) is 0 Å². The molecule has 7 heteroatoms. The first-order valence-corrected chi connectivity index (χ1v) is 12.2. The van der Waals surface area contributed by atoms with Gasteiger partial charge in [-0.15, -0.1) is 0 Å². The molecule has 1 aromatic carbocycles. The normalized spacial score (nSPS) is 27.7. The van der Waals surface area contributed by atoms with Gasteiger partial charge in [0.2, 0.25) is 15.9 Å². The monoisotopic (exact) mass is 425 g/mol. The van der Waals surface area contributed by atoms with Crippen molar-refractivity contribution in [2.75, 3.05) is 13.1 Å². The molecule has 0 radical (unpaired) electrons. The van der Waals surface area contributed by atoms with Crippen molar-refractivity contribution in [3.8, 4) is 0 Å². The molecule has 2 atom stereocenters. The molecule has 5 rings (SSSR count). The first-order valence-electron chi connectivity index (χ1n) is 10.7. The number of amides is 1. The Balaban J connectivity index is 1.50. The molecule has 158 valence electrons. The summed E-state index contributed by atoms with van der Waals surface area (Å²) in [6.07, 6.45) is 4.97. The predicted octanol–water partition coefficient (Wildman–Crippen LogP) is 2.71. The lowest BCUT2D eigenvalue weighted by Crippen LogP contribution is -2.46. The van der Waals surface area contributed by atoms with E-state index in [1.165, 1.54) is 0 Å². The summed E-state index contributed by atoms with van der Waals surface area (Å²) in [5, 5.41) is -0.257. The minimum absolute atomic E-state index is 0.0151. The molecular formula is C23H27N3O3S. The second-order valence-electron chi connectivity index (χ2n) is 8.73. The third kappa shape index (κ3) is 3.34. The van der Waals surface area contributed by atoms with E-state index in [-0.39, 0.29) is 29.0 Å².